The van der Waals surface area contributed by atoms with Gasteiger partial charge in [-0.05, 0) is 25.0 Å². The minimum Gasteiger partial charge on any atom is -0.306 e. The summed E-state index contributed by atoms with van der Waals surface area (Å²) in [6, 6.07) is 4.03. The number of rotatable bonds is 6. The fraction of sp³-hybridized carbons (Fsp3) is 0.571. The van der Waals surface area contributed by atoms with E-state index < -0.39 is 9.84 Å². The van der Waals surface area contributed by atoms with E-state index in [1.54, 1.807) is 19.1 Å². The Morgan fingerprint density at radius 2 is 1.90 bits per heavy atom. The minimum atomic E-state index is -3.07. The summed E-state index contributed by atoms with van der Waals surface area (Å²) in [6.07, 6.45) is 1.19. The molecule has 114 valence electrons. The van der Waals surface area contributed by atoms with E-state index in [1.165, 1.54) is 12.3 Å². The fourth-order valence-electron chi connectivity index (χ4n) is 2.20. The molecule has 0 fully saturated rings. The molecule has 0 aliphatic carbocycles. The van der Waals surface area contributed by atoms with Crippen LogP contribution in [-0.4, -0.2) is 26.5 Å². The van der Waals surface area contributed by atoms with Crippen LogP contribution in [0, 0.1) is 11.7 Å². The normalized spacial score (nSPS) is 15.3. The Kier molecular flexibility index (Phi) is 5.98. The van der Waals surface area contributed by atoms with E-state index in [9.17, 15) is 12.8 Å². The lowest BCUT2D eigenvalue weighted by atomic mass is 9.95. The molecular formula is C14H21ClFNO2S. The van der Waals surface area contributed by atoms with Crippen molar-refractivity contribution in [3.63, 3.8) is 0 Å². The summed E-state index contributed by atoms with van der Waals surface area (Å²) >= 11 is 5.75. The molecule has 0 saturated heterocycles. The van der Waals surface area contributed by atoms with Crippen molar-refractivity contribution < 1.29 is 12.8 Å². The van der Waals surface area contributed by atoms with Gasteiger partial charge in [0.2, 0.25) is 0 Å². The summed E-state index contributed by atoms with van der Waals surface area (Å²) in [5.74, 6) is -0.242. The first-order valence-corrected chi connectivity index (χ1v) is 8.92. The highest BCUT2D eigenvalue weighted by molar-refractivity contribution is 7.90. The highest BCUT2D eigenvalue weighted by atomic mass is 35.5. The van der Waals surface area contributed by atoms with E-state index in [4.69, 9.17) is 11.6 Å². The van der Waals surface area contributed by atoms with Gasteiger partial charge in [0.15, 0.2) is 0 Å². The Morgan fingerprint density at radius 3 is 2.35 bits per heavy atom. The van der Waals surface area contributed by atoms with Crippen LogP contribution in [0.3, 0.4) is 0 Å². The molecule has 1 rings (SSSR count). The zero-order valence-electron chi connectivity index (χ0n) is 12.2. The Labute approximate surface area is 125 Å². The molecule has 1 N–H and O–H groups in total. The molecule has 1 aromatic carbocycles. The molecule has 0 amide bonds. The molecule has 3 nitrogen and oxygen atoms in total. The molecule has 20 heavy (non-hydrogen) atoms. The van der Waals surface area contributed by atoms with Gasteiger partial charge in [0, 0.05) is 28.9 Å². The number of hydrogen-bond donors (Lipinski definition) is 1. The molecule has 0 aliphatic rings. The van der Waals surface area contributed by atoms with Gasteiger partial charge >= 0.3 is 0 Å². The largest absolute Gasteiger partial charge is 0.306 e. The average molecular weight is 322 g/mol. The number of hydrogen-bond acceptors (Lipinski definition) is 3. The Morgan fingerprint density at radius 1 is 1.30 bits per heavy atom. The maximum atomic E-state index is 14.0. The van der Waals surface area contributed by atoms with Crippen LogP contribution in [0.1, 0.15) is 32.4 Å². The molecule has 0 unspecified atom stereocenters. The quantitative estimate of drug-likeness (QED) is 0.875. The van der Waals surface area contributed by atoms with Crippen LogP contribution >= 0.6 is 11.6 Å². The zero-order valence-corrected chi connectivity index (χ0v) is 13.7. The van der Waals surface area contributed by atoms with Crippen LogP contribution < -0.4 is 5.32 Å². The number of benzene rings is 1. The van der Waals surface area contributed by atoms with Gasteiger partial charge < -0.3 is 5.32 Å². The summed E-state index contributed by atoms with van der Waals surface area (Å²) in [5.41, 5.74) is 0.504. The Hall–Kier alpha value is -0.650. The molecule has 1 aromatic rings. The molecule has 6 heteroatoms. The molecule has 0 saturated carbocycles. The second kappa shape index (κ2) is 6.87. The molecule has 0 aromatic heterocycles. The van der Waals surface area contributed by atoms with Crippen LogP contribution in [0.5, 0.6) is 0 Å². The minimum absolute atomic E-state index is 0.0193. The van der Waals surface area contributed by atoms with Gasteiger partial charge in [-0.1, -0.05) is 31.5 Å². The Balaban J connectivity index is 2.95. The predicted molar refractivity (Wildman–Crippen MR) is 81.3 cm³/mol. The molecule has 0 heterocycles. The third-order valence-corrected chi connectivity index (χ3v) is 4.32. The third kappa shape index (κ3) is 5.38. The van der Waals surface area contributed by atoms with Gasteiger partial charge in [-0.15, -0.1) is 0 Å². The van der Waals surface area contributed by atoms with Crippen molar-refractivity contribution in [2.45, 2.75) is 32.9 Å². The molecule has 0 bridgehead atoms. The zero-order chi connectivity index (χ0) is 15.5. The van der Waals surface area contributed by atoms with E-state index in [-0.39, 0.29) is 29.6 Å². The second-order valence-corrected chi connectivity index (χ2v) is 8.17. The third-order valence-electron chi connectivity index (χ3n) is 2.98. The number of sulfone groups is 1. The van der Waals surface area contributed by atoms with Crippen molar-refractivity contribution in [3.8, 4) is 0 Å². The maximum Gasteiger partial charge on any atom is 0.148 e. The van der Waals surface area contributed by atoms with Gasteiger partial charge in [0.05, 0.1) is 5.75 Å². The fourth-order valence-corrected chi connectivity index (χ4v) is 3.37. The van der Waals surface area contributed by atoms with Crippen molar-refractivity contribution >= 4 is 21.4 Å². The van der Waals surface area contributed by atoms with Gasteiger partial charge in [-0.3, -0.25) is 0 Å². The average Bonchev–Trinajstić information content (AvgIpc) is 2.23. The van der Waals surface area contributed by atoms with Gasteiger partial charge in [0.1, 0.15) is 15.7 Å². The summed E-state index contributed by atoms with van der Waals surface area (Å²) in [6.45, 7) is 5.70. The first-order valence-electron chi connectivity index (χ1n) is 6.49. The van der Waals surface area contributed by atoms with Crippen molar-refractivity contribution in [1.29, 1.82) is 0 Å². The van der Waals surface area contributed by atoms with E-state index in [0.29, 0.717) is 10.6 Å². The lowest BCUT2D eigenvalue weighted by molar-refractivity contribution is 0.370. The molecule has 0 aliphatic heterocycles. The SMILES string of the molecule is CC(C)[C@@H](N[C@@H](C)CS(C)(=O)=O)c1ccc(Cl)cc1F. The van der Waals surface area contributed by atoms with E-state index in [0.717, 1.165) is 0 Å². The molecule has 0 spiro atoms. The number of nitrogens with one attached hydrogen (secondary N) is 1. The lowest BCUT2D eigenvalue weighted by Gasteiger charge is -2.27. The first kappa shape index (κ1) is 17.4. The highest BCUT2D eigenvalue weighted by Gasteiger charge is 2.22. The summed E-state index contributed by atoms with van der Waals surface area (Å²) in [4.78, 5) is 0. The van der Waals surface area contributed by atoms with E-state index in [2.05, 4.69) is 5.32 Å². The predicted octanol–water partition coefficient (Wildman–Crippen LogP) is 3.20. The van der Waals surface area contributed by atoms with Crippen LogP contribution in [0.15, 0.2) is 18.2 Å². The monoisotopic (exact) mass is 321 g/mol. The van der Waals surface area contributed by atoms with Crippen LogP contribution in [0.4, 0.5) is 4.39 Å². The van der Waals surface area contributed by atoms with Crippen molar-refractivity contribution in [3.05, 3.63) is 34.6 Å². The van der Waals surface area contributed by atoms with Crippen molar-refractivity contribution in [2.24, 2.45) is 5.92 Å². The summed E-state index contributed by atoms with van der Waals surface area (Å²) in [5, 5.41) is 3.53. The molecular weight excluding hydrogens is 301 g/mol. The summed E-state index contributed by atoms with van der Waals surface area (Å²) in [7, 11) is -3.07. The van der Waals surface area contributed by atoms with E-state index in [1.807, 2.05) is 13.8 Å². The van der Waals surface area contributed by atoms with Crippen LogP contribution in [-0.2, 0) is 9.84 Å². The lowest BCUT2D eigenvalue weighted by Crippen LogP contribution is -2.38. The molecule has 0 radical (unpaired) electrons. The van der Waals surface area contributed by atoms with E-state index >= 15 is 0 Å². The summed E-state index contributed by atoms with van der Waals surface area (Å²) < 4.78 is 36.6. The van der Waals surface area contributed by atoms with Gasteiger partial charge in [-0.25, -0.2) is 12.8 Å². The van der Waals surface area contributed by atoms with Gasteiger partial charge in [0.25, 0.3) is 0 Å². The maximum absolute atomic E-state index is 14.0. The van der Waals surface area contributed by atoms with Crippen molar-refractivity contribution in [1.82, 2.24) is 5.32 Å². The Bertz CT molecular complexity index is 560. The van der Waals surface area contributed by atoms with Crippen LogP contribution in [0.2, 0.25) is 5.02 Å². The smallest absolute Gasteiger partial charge is 0.148 e. The van der Waals surface area contributed by atoms with Crippen LogP contribution in [0.25, 0.3) is 0 Å². The van der Waals surface area contributed by atoms with Gasteiger partial charge in [-0.2, -0.15) is 0 Å². The standard InChI is InChI=1S/C14H21ClFNO2S/c1-9(2)14(17-10(3)8-20(4,18)19)12-6-5-11(15)7-13(12)16/h5-7,9-10,14,17H,8H2,1-4H3/t10-,14+/m0/s1. The second-order valence-electron chi connectivity index (χ2n) is 5.55. The topological polar surface area (TPSA) is 46.2 Å². The number of halogens is 2. The highest BCUT2D eigenvalue weighted by Crippen LogP contribution is 2.26. The first-order chi connectivity index (χ1) is 9.10. The van der Waals surface area contributed by atoms with Crippen molar-refractivity contribution in [2.75, 3.05) is 12.0 Å². The molecule has 2 atom stereocenters.